The molecule has 0 saturated heterocycles. The summed E-state index contributed by atoms with van der Waals surface area (Å²) in [5.41, 5.74) is 4.36. The van der Waals surface area contributed by atoms with Gasteiger partial charge in [-0.15, -0.1) is 0 Å². The molecular formula is C18H13BrN2. The maximum Gasteiger partial charge on any atom is 0.145 e. The maximum absolute atomic E-state index is 4.89. The fourth-order valence-electron chi connectivity index (χ4n) is 2.77. The lowest BCUT2D eigenvalue weighted by Crippen LogP contribution is -1.88. The molecule has 0 aliphatic carbocycles. The lowest BCUT2D eigenvalue weighted by molar-refractivity contribution is 1.12. The van der Waals surface area contributed by atoms with Gasteiger partial charge in [0.25, 0.3) is 0 Å². The van der Waals surface area contributed by atoms with Gasteiger partial charge in [0.2, 0.25) is 0 Å². The van der Waals surface area contributed by atoms with Gasteiger partial charge in [0, 0.05) is 27.3 Å². The number of imidazole rings is 1. The van der Waals surface area contributed by atoms with Gasteiger partial charge in [0.05, 0.1) is 5.69 Å². The molecule has 2 aromatic heterocycles. The van der Waals surface area contributed by atoms with Crippen molar-refractivity contribution >= 4 is 32.3 Å². The van der Waals surface area contributed by atoms with Crippen LogP contribution in [0, 0.1) is 6.92 Å². The summed E-state index contributed by atoms with van der Waals surface area (Å²) in [6.07, 6.45) is 2.10. The summed E-state index contributed by atoms with van der Waals surface area (Å²) in [6, 6.07) is 18.8. The van der Waals surface area contributed by atoms with Crippen molar-refractivity contribution in [3.05, 3.63) is 71.0 Å². The highest BCUT2D eigenvalue weighted by Crippen LogP contribution is 2.28. The summed E-state index contributed by atoms with van der Waals surface area (Å²) < 4.78 is 3.25. The molecule has 0 radical (unpaired) electrons. The monoisotopic (exact) mass is 336 g/mol. The lowest BCUT2D eigenvalue weighted by atomic mass is 10.1. The summed E-state index contributed by atoms with van der Waals surface area (Å²) >= 11 is 3.48. The molecule has 0 atom stereocenters. The molecule has 0 fully saturated rings. The van der Waals surface area contributed by atoms with Gasteiger partial charge >= 0.3 is 0 Å². The molecule has 0 unspecified atom stereocenters. The average molecular weight is 337 g/mol. The van der Waals surface area contributed by atoms with Gasteiger partial charge in [-0.1, -0.05) is 52.3 Å². The fourth-order valence-corrected chi connectivity index (χ4v) is 3.03. The molecule has 2 heterocycles. The Morgan fingerprint density at radius 1 is 0.952 bits per heavy atom. The predicted molar refractivity (Wildman–Crippen MR) is 90.6 cm³/mol. The summed E-state index contributed by atoms with van der Waals surface area (Å²) in [5.74, 6) is 0. The van der Waals surface area contributed by atoms with E-state index in [0.29, 0.717) is 0 Å². The van der Waals surface area contributed by atoms with Crippen LogP contribution in [0.15, 0.2) is 65.3 Å². The van der Waals surface area contributed by atoms with Crippen molar-refractivity contribution in [3.8, 4) is 11.3 Å². The fraction of sp³-hybridized carbons (Fsp3) is 0.0556. The zero-order valence-corrected chi connectivity index (χ0v) is 13.1. The number of fused-ring (bicyclic) bond motifs is 3. The molecule has 0 aliphatic rings. The molecule has 0 spiro atoms. The number of halogens is 1. The Balaban J connectivity index is 2.05. The van der Waals surface area contributed by atoms with Crippen molar-refractivity contribution in [2.75, 3.05) is 0 Å². The molecule has 3 heteroatoms. The van der Waals surface area contributed by atoms with E-state index in [1.165, 1.54) is 10.8 Å². The molecule has 4 aromatic rings. The third-order valence-electron chi connectivity index (χ3n) is 3.87. The van der Waals surface area contributed by atoms with Crippen molar-refractivity contribution in [2.45, 2.75) is 6.92 Å². The van der Waals surface area contributed by atoms with E-state index < -0.39 is 0 Å². The van der Waals surface area contributed by atoms with Gasteiger partial charge in [0.15, 0.2) is 0 Å². The Morgan fingerprint density at radius 3 is 2.52 bits per heavy atom. The van der Waals surface area contributed by atoms with Crippen LogP contribution in [0.2, 0.25) is 0 Å². The first-order chi connectivity index (χ1) is 10.2. The molecule has 0 bridgehead atoms. The first kappa shape index (κ1) is 12.6. The Labute approximate surface area is 131 Å². The minimum absolute atomic E-state index is 1.02. The highest BCUT2D eigenvalue weighted by atomic mass is 79.9. The van der Waals surface area contributed by atoms with Crippen molar-refractivity contribution in [1.29, 1.82) is 0 Å². The van der Waals surface area contributed by atoms with Crippen LogP contribution in [0.1, 0.15) is 5.69 Å². The number of pyridine rings is 1. The predicted octanol–water partition coefficient (Wildman–Crippen LogP) is 5.23. The number of nitrogens with zero attached hydrogens (tertiary/aromatic N) is 2. The molecule has 21 heavy (non-hydrogen) atoms. The Hall–Kier alpha value is -2.13. The van der Waals surface area contributed by atoms with Crippen molar-refractivity contribution in [3.63, 3.8) is 0 Å². The molecule has 2 aromatic carbocycles. The number of benzene rings is 2. The third kappa shape index (κ3) is 1.96. The molecule has 2 nitrogen and oxygen atoms in total. The number of aryl methyl sites for hydroxylation is 1. The normalized spacial score (nSPS) is 11.3. The minimum Gasteiger partial charge on any atom is -0.303 e. The van der Waals surface area contributed by atoms with E-state index in [2.05, 4.69) is 88.0 Å². The molecular weight excluding hydrogens is 324 g/mol. The highest BCUT2D eigenvalue weighted by molar-refractivity contribution is 9.10. The van der Waals surface area contributed by atoms with E-state index in [0.717, 1.165) is 27.1 Å². The molecule has 0 amide bonds. The van der Waals surface area contributed by atoms with Crippen LogP contribution in [-0.4, -0.2) is 9.38 Å². The Kier molecular flexibility index (Phi) is 2.82. The van der Waals surface area contributed by atoms with Crippen LogP contribution >= 0.6 is 15.9 Å². The van der Waals surface area contributed by atoms with Gasteiger partial charge in [-0.25, -0.2) is 4.98 Å². The summed E-state index contributed by atoms with van der Waals surface area (Å²) in [5, 5.41) is 2.41. The second kappa shape index (κ2) is 4.71. The van der Waals surface area contributed by atoms with Crippen molar-refractivity contribution in [1.82, 2.24) is 9.38 Å². The Morgan fingerprint density at radius 2 is 1.71 bits per heavy atom. The van der Waals surface area contributed by atoms with Crippen molar-refractivity contribution in [2.24, 2.45) is 0 Å². The zero-order chi connectivity index (χ0) is 14.4. The Bertz CT molecular complexity index is 952. The van der Waals surface area contributed by atoms with E-state index >= 15 is 0 Å². The molecule has 0 aliphatic heterocycles. The molecule has 102 valence electrons. The first-order valence-corrected chi connectivity index (χ1v) is 7.66. The number of hydrogen-bond acceptors (Lipinski definition) is 1. The third-order valence-corrected chi connectivity index (χ3v) is 4.40. The van der Waals surface area contributed by atoms with E-state index in [4.69, 9.17) is 4.98 Å². The second-order valence-electron chi connectivity index (χ2n) is 5.15. The topological polar surface area (TPSA) is 17.3 Å². The van der Waals surface area contributed by atoms with Crippen molar-refractivity contribution < 1.29 is 0 Å². The van der Waals surface area contributed by atoms with Gasteiger partial charge < -0.3 is 4.40 Å². The van der Waals surface area contributed by atoms with E-state index in [1.807, 2.05) is 0 Å². The van der Waals surface area contributed by atoms with Crippen LogP contribution in [0.4, 0.5) is 0 Å². The molecule has 4 rings (SSSR count). The van der Waals surface area contributed by atoms with E-state index in [1.54, 1.807) is 0 Å². The summed E-state index contributed by atoms with van der Waals surface area (Å²) in [4.78, 5) is 4.89. The highest BCUT2D eigenvalue weighted by Gasteiger charge is 2.12. The second-order valence-corrected chi connectivity index (χ2v) is 6.06. The first-order valence-electron chi connectivity index (χ1n) is 6.86. The maximum atomic E-state index is 4.89. The smallest absolute Gasteiger partial charge is 0.145 e. The summed E-state index contributed by atoms with van der Waals surface area (Å²) in [7, 11) is 0. The number of hydrogen-bond donors (Lipinski definition) is 0. The van der Waals surface area contributed by atoms with Crippen LogP contribution < -0.4 is 0 Å². The quantitative estimate of drug-likeness (QED) is 0.465. The SMILES string of the molecule is Cc1c(-c2ccc(Br)cc2)nc2c3ccccc3ccn12. The number of aromatic nitrogens is 2. The summed E-state index contributed by atoms with van der Waals surface area (Å²) in [6.45, 7) is 2.12. The zero-order valence-electron chi connectivity index (χ0n) is 11.5. The van der Waals surface area contributed by atoms with E-state index in [9.17, 15) is 0 Å². The van der Waals surface area contributed by atoms with Crippen LogP contribution in [0.3, 0.4) is 0 Å². The van der Waals surface area contributed by atoms with Gasteiger partial charge in [-0.3, -0.25) is 0 Å². The number of rotatable bonds is 1. The largest absolute Gasteiger partial charge is 0.303 e. The van der Waals surface area contributed by atoms with Gasteiger partial charge in [-0.2, -0.15) is 0 Å². The van der Waals surface area contributed by atoms with Crippen LogP contribution in [0.25, 0.3) is 27.7 Å². The standard InChI is InChI=1S/C18H13BrN2/c1-12-17(14-6-8-15(19)9-7-14)20-18-16-5-3-2-4-13(16)10-11-21(12)18/h2-11H,1H3. The van der Waals surface area contributed by atoms with E-state index in [-0.39, 0.29) is 0 Å². The molecule has 0 saturated carbocycles. The van der Waals surface area contributed by atoms with Gasteiger partial charge in [0.1, 0.15) is 5.65 Å². The average Bonchev–Trinajstić information content (AvgIpc) is 2.86. The lowest BCUT2D eigenvalue weighted by Gasteiger charge is -2.01. The van der Waals surface area contributed by atoms with Gasteiger partial charge in [-0.05, 0) is 30.5 Å². The minimum atomic E-state index is 1.02. The van der Waals surface area contributed by atoms with Crippen LogP contribution in [0.5, 0.6) is 0 Å². The molecule has 0 N–H and O–H groups in total. The van der Waals surface area contributed by atoms with Crippen LogP contribution in [-0.2, 0) is 0 Å².